The van der Waals surface area contributed by atoms with E-state index in [0.717, 1.165) is 23.9 Å². The van der Waals surface area contributed by atoms with Gasteiger partial charge in [0.15, 0.2) is 0 Å². The number of hydrogen-bond acceptors (Lipinski definition) is 1. The van der Waals surface area contributed by atoms with E-state index in [0.29, 0.717) is 0 Å². The Hall–Kier alpha value is -0.0400. The standard InChI is InChI=1S/C14H29N/c1-6-8-13-9-7-10-15(12(4)5)14(13)11(2)3/h11-14H,6-10H2,1-5H3/t13-,14-/m1/s1. The molecule has 2 atom stereocenters. The summed E-state index contributed by atoms with van der Waals surface area (Å²) in [5.41, 5.74) is 0. The van der Waals surface area contributed by atoms with Crippen molar-refractivity contribution in [1.82, 2.24) is 4.90 Å². The first-order valence-electron chi connectivity index (χ1n) is 6.83. The summed E-state index contributed by atoms with van der Waals surface area (Å²) < 4.78 is 0. The van der Waals surface area contributed by atoms with Crippen LogP contribution in [0.15, 0.2) is 0 Å². The van der Waals surface area contributed by atoms with E-state index >= 15 is 0 Å². The normalized spacial score (nSPS) is 29.0. The van der Waals surface area contributed by atoms with Crippen molar-refractivity contribution in [3.63, 3.8) is 0 Å². The van der Waals surface area contributed by atoms with Gasteiger partial charge in [-0.05, 0) is 51.5 Å². The zero-order chi connectivity index (χ0) is 11.4. The Balaban J connectivity index is 2.71. The molecule has 0 unspecified atom stereocenters. The van der Waals surface area contributed by atoms with Crippen LogP contribution in [-0.4, -0.2) is 23.5 Å². The molecule has 1 fully saturated rings. The highest BCUT2D eigenvalue weighted by Crippen LogP contribution is 2.33. The molecule has 0 N–H and O–H groups in total. The highest BCUT2D eigenvalue weighted by Gasteiger charge is 2.33. The van der Waals surface area contributed by atoms with E-state index in [1.54, 1.807) is 0 Å². The SMILES string of the molecule is CCC[C@@H]1CCCN(C(C)C)[C@@H]1C(C)C. The van der Waals surface area contributed by atoms with Crippen LogP contribution in [-0.2, 0) is 0 Å². The molecule has 1 saturated heterocycles. The maximum Gasteiger partial charge on any atom is 0.0149 e. The van der Waals surface area contributed by atoms with E-state index in [-0.39, 0.29) is 0 Å². The average molecular weight is 211 g/mol. The lowest BCUT2D eigenvalue weighted by Crippen LogP contribution is -2.51. The molecule has 1 nitrogen and oxygen atoms in total. The van der Waals surface area contributed by atoms with Crippen LogP contribution in [0.25, 0.3) is 0 Å². The van der Waals surface area contributed by atoms with Crippen molar-refractivity contribution in [1.29, 1.82) is 0 Å². The Morgan fingerprint density at radius 1 is 1.20 bits per heavy atom. The van der Waals surface area contributed by atoms with Crippen molar-refractivity contribution in [2.45, 2.75) is 72.4 Å². The van der Waals surface area contributed by atoms with E-state index in [1.165, 1.54) is 32.2 Å². The molecule has 0 amide bonds. The zero-order valence-electron chi connectivity index (χ0n) is 11.3. The molecule has 0 bridgehead atoms. The van der Waals surface area contributed by atoms with Gasteiger partial charge in [-0.25, -0.2) is 0 Å². The van der Waals surface area contributed by atoms with E-state index in [9.17, 15) is 0 Å². The minimum Gasteiger partial charge on any atom is -0.297 e. The third-order valence-electron chi connectivity index (χ3n) is 3.86. The second-order valence-corrected chi connectivity index (χ2v) is 5.76. The maximum absolute atomic E-state index is 2.74. The van der Waals surface area contributed by atoms with E-state index in [4.69, 9.17) is 0 Å². The highest BCUT2D eigenvalue weighted by molar-refractivity contribution is 4.87. The van der Waals surface area contributed by atoms with Crippen LogP contribution in [0.3, 0.4) is 0 Å². The largest absolute Gasteiger partial charge is 0.297 e. The van der Waals surface area contributed by atoms with Gasteiger partial charge in [0.05, 0.1) is 0 Å². The van der Waals surface area contributed by atoms with Crippen LogP contribution in [0.5, 0.6) is 0 Å². The van der Waals surface area contributed by atoms with Gasteiger partial charge in [-0.3, -0.25) is 4.90 Å². The summed E-state index contributed by atoms with van der Waals surface area (Å²) >= 11 is 0. The predicted molar refractivity (Wildman–Crippen MR) is 68.1 cm³/mol. The fourth-order valence-electron chi connectivity index (χ4n) is 3.34. The lowest BCUT2D eigenvalue weighted by molar-refractivity contribution is 0.0309. The molecule has 1 heteroatoms. The van der Waals surface area contributed by atoms with E-state index < -0.39 is 0 Å². The number of piperidine rings is 1. The molecule has 0 spiro atoms. The molecule has 1 heterocycles. The first-order valence-corrected chi connectivity index (χ1v) is 6.83. The van der Waals surface area contributed by atoms with Gasteiger partial charge in [0.1, 0.15) is 0 Å². The van der Waals surface area contributed by atoms with Crippen LogP contribution in [0.2, 0.25) is 0 Å². The third-order valence-corrected chi connectivity index (χ3v) is 3.86. The quantitative estimate of drug-likeness (QED) is 0.681. The summed E-state index contributed by atoms with van der Waals surface area (Å²) in [5, 5.41) is 0. The first kappa shape index (κ1) is 13.0. The minimum absolute atomic E-state index is 0.719. The number of hydrogen-bond donors (Lipinski definition) is 0. The summed E-state index contributed by atoms with van der Waals surface area (Å²) in [7, 11) is 0. The van der Waals surface area contributed by atoms with Gasteiger partial charge in [0.2, 0.25) is 0 Å². The van der Waals surface area contributed by atoms with Crippen LogP contribution in [0, 0.1) is 11.8 Å². The number of rotatable bonds is 4. The second-order valence-electron chi connectivity index (χ2n) is 5.76. The molecule has 0 aliphatic carbocycles. The molecule has 90 valence electrons. The second kappa shape index (κ2) is 5.89. The fourth-order valence-corrected chi connectivity index (χ4v) is 3.34. The lowest BCUT2D eigenvalue weighted by atomic mass is 9.79. The molecule has 0 saturated carbocycles. The van der Waals surface area contributed by atoms with Crippen molar-refractivity contribution >= 4 is 0 Å². The molecule has 1 aliphatic rings. The van der Waals surface area contributed by atoms with Gasteiger partial charge in [-0.15, -0.1) is 0 Å². The maximum atomic E-state index is 2.74. The molecule has 1 aliphatic heterocycles. The Bertz CT molecular complexity index is 172. The Labute approximate surface area is 96.2 Å². The average Bonchev–Trinajstić information content (AvgIpc) is 2.17. The first-order chi connectivity index (χ1) is 7.07. The van der Waals surface area contributed by atoms with Gasteiger partial charge >= 0.3 is 0 Å². The van der Waals surface area contributed by atoms with Crippen molar-refractivity contribution in [2.24, 2.45) is 11.8 Å². The summed E-state index contributed by atoms with van der Waals surface area (Å²) in [6.07, 6.45) is 5.64. The molecule has 0 aromatic rings. The Kier molecular flexibility index (Phi) is 5.11. The van der Waals surface area contributed by atoms with Crippen molar-refractivity contribution in [3.8, 4) is 0 Å². The van der Waals surface area contributed by atoms with Gasteiger partial charge in [-0.2, -0.15) is 0 Å². The predicted octanol–water partition coefficient (Wildman–Crippen LogP) is 3.93. The Morgan fingerprint density at radius 2 is 1.87 bits per heavy atom. The van der Waals surface area contributed by atoms with Crippen LogP contribution >= 0.6 is 0 Å². The van der Waals surface area contributed by atoms with Gasteiger partial charge in [0, 0.05) is 12.1 Å². The summed E-state index contributed by atoms with van der Waals surface area (Å²) in [6.45, 7) is 13.1. The summed E-state index contributed by atoms with van der Waals surface area (Å²) in [4.78, 5) is 2.74. The zero-order valence-corrected chi connectivity index (χ0v) is 11.3. The molecule has 15 heavy (non-hydrogen) atoms. The summed E-state index contributed by atoms with van der Waals surface area (Å²) in [5.74, 6) is 1.76. The van der Waals surface area contributed by atoms with Gasteiger partial charge in [0.25, 0.3) is 0 Å². The fraction of sp³-hybridized carbons (Fsp3) is 1.00. The van der Waals surface area contributed by atoms with Crippen molar-refractivity contribution in [2.75, 3.05) is 6.54 Å². The minimum atomic E-state index is 0.719. The van der Waals surface area contributed by atoms with E-state index in [2.05, 4.69) is 39.5 Å². The smallest absolute Gasteiger partial charge is 0.0149 e. The van der Waals surface area contributed by atoms with Gasteiger partial charge < -0.3 is 0 Å². The van der Waals surface area contributed by atoms with Crippen LogP contribution < -0.4 is 0 Å². The monoisotopic (exact) mass is 211 g/mol. The van der Waals surface area contributed by atoms with Gasteiger partial charge in [-0.1, -0.05) is 27.2 Å². The molecule has 0 radical (unpaired) electrons. The van der Waals surface area contributed by atoms with Crippen molar-refractivity contribution < 1.29 is 0 Å². The van der Waals surface area contributed by atoms with E-state index in [1.807, 2.05) is 0 Å². The molecule has 0 aromatic heterocycles. The molecular formula is C14H29N. The molecule has 0 aromatic carbocycles. The number of likely N-dealkylation sites (tertiary alicyclic amines) is 1. The molecular weight excluding hydrogens is 182 g/mol. The third kappa shape index (κ3) is 3.21. The van der Waals surface area contributed by atoms with Crippen LogP contribution in [0.4, 0.5) is 0 Å². The van der Waals surface area contributed by atoms with Crippen molar-refractivity contribution in [3.05, 3.63) is 0 Å². The topological polar surface area (TPSA) is 3.24 Å². The summed E-state index contributed by atoms with van der Waals surface area (Å²) in [6, 6.07) is 1.55. The Morgan fingerprint density at radius 3 is 2.33 bits per heavy atom. The van der Waals surface area contributed by atoms with Crippen LogP contribution in [0.1, 0.15) is 60.3 Å². The molecule has 1 rings (SSSR count). The highest BCUT2D eigenvalue weighted by atomic mass is 15.2. The lowest BCUT2D eigenvalue weighted by Gasteiger charge is -2.46. The number of nitrogens with zero attached hydrogens (tertiary/aromatic N) is 1.